The first kappa shape index (κ1) is 14.7. The summed E-state index contributed by atoms with van der Waals surface area (Å²) in [6.07, 6.45) is 0. The molecule has 1 aromatic carbocycles. The van der Waals surface area contributed by atoms with E-state index in [-0.39, 0.29) is 11.2 Å². The molecule has 0 saturated carbocycles. The van der Waals surface area contributed by atoms with Crippen LogP contribution in [-0.4, -0.2) is 9.97 Å². The number of nitrogens with two attached hydrogens (primary N) is 1. The van der Waals surface area contributed by atoms with E-state index in [0.29, 0.717) is 27.6 Å². The topological polar surface area (TPSA) is 63.8 Å². The summed E-state index contributed by atoms with van der Waals surface area (Å²) in [6.45, 7) is 5.98. The fourth-order valence-corrected chi connectivity index (χ4v) is 1.93. The zero-order valence-electron chi connectivity index (χ0n) is 11.5. The summed E-state index contributed by atoms with van der Waals surface area (Å²) in [5, 5.41) is 2.93. The predicted octanol–water partition coefficient (Wildman–Crippen LogP) is 4.00. The maximum Gasteiger partial charge on any atom is 0.147 e. The molecule has 2 rings (SSSR count). The standard InChI is InChI=1S/C14H16BrFN4/c1-14(2,3)13-19-11(17)7-12(20-13)18-10-5-4-8(15)6-9(10)16/h4-7H,1-3H3,(H3,17,18,19,20). The van der Waals surface area contributed by atoms with Gasteiger partial charge in [-0.15, -0.1) is 0 Å². The second kappa shape index (κ2) is 5.36. The van der Waals surface area contributed by atoms with Gasteiger partial charge >= 0.3 is 0 Å². The molecule has 0 aliphatic heterocycles. The Labute approximate surface area is 125 Å². The fraction of sp³-hybridized carbons (Fsp3) is 0.286. The van der Waals surface area contributed by atoms with Gasteiger partial charge in [0.2, 0.25) is 0 Å². The number of nitrogens with one attached hydrogen (secondary N) is 1. The molecular weight excluding hydrogens is 323 g/mol. The van der Waals surface area contributed by atoms with Crippen LogP contribution in [0.4, 0.5) is 21.7 Å². The van der Waals surface area contributed by atoms with Crippen molar-refractivity contribution in [3.63, 3.8) is 0 Å². The summed E-state index contributed by atoms with van der Waals surface area (Å²) in [7, 11) is 0. The van der Waals surface area contributed by atoms with Crippen molar-refractivity contribution in [1.29, 1.82) is 0 Å². The molecule has 0 amide bonds. The summed E-state index contributed by atoms with van der Waals surface area (Å²) < 4.78 is 14.5. The second-order valence-corrected chi connectivity index (χ2v) is 6.42. The van der Waals surface area contributed by atoms with E-state index in [1.807, 2.05) is 20.8 Å². The number of hydrogen-bond acceptors (Lipinski definition) is 4. The maximum atomic E-state index is 13.8. The van der Waals surface area contributed by atoms with Crippen molar-refractivity contribution in [2.24, 2.45) is 0 Å². The Morgan fingerprint density at radius 1 is 1.20 bits per heavy atom. The van der Waals surface area contributed by atoms with E-state index in [1.54, 1.807) is 18.2 Å². The largest absolute Gasteiger partial charge is 0.384 e. The van der Waals surface area contributed by atoms with Gasteiger partial charge in [0, 0.05) is 16.0 Å². The minimum atomic E-state index is -0.367. The van der Waals surface area contributed by atoms with Crippen molar-refractivity contribution < 1.29 is 4.39 Å². The number of halogens is 2. The summed E-state index contributed by atoms with van der Waals surface area (Å²) >= 11 is 3.22. The normalized spacial score (nSPS) is 11.4. The first-order chi connectivity index (χ1) is 9.25. The van der Waals surface area contributed by atoms with Gasteiger partial charge in [0.15, 0.2) is 0 Å². The molecule has 1 heterocycles. The molecular formula is C14H16BrFN4. The monoisotopic (exact) mass is 338 g/mol. The van der Waals surface area contributed by atoms with Gasteiger partial charge in [-0.25, -0.2) is 14.4 Å². The zero-order chi connectivity index (χ0) is 14.9. The number of rotatable bonds is 2. The van der Waals surface area contributed by atoms with Crippen molar-refractivity contribution in [2.75, 3.05) is 11.1 Å². The van der Waals surface area contributed by atoms with Crippen molar-refractivity contribution >= 4 is 33.3 Å². The molecule has 0 spiro atoms. The highest BCUT2D eigenvalue weighted by atomic mass is 79.9. The smallest absolute Gasteiger partial charge is 0.147 e. The van der Waals surface area contributed by atoms with Crippen molar-refractivity contribution in [1.82, 2.24) is 9.97 Å². The van der Waals surface area contributed by atoms with Gasteiger partial charge in [-0.2, -0.15) is 0 Å². The van der Waals surface area contributed by atoms with E-state index in [1.165, 1.54) is 6.07 Å². The van der Waals surface area contributed by atoms with E-state index in [4.69, 9.17) is 5.73 Å². The van der Waals surface area contributed by atoms with Crippen LogP contribution >= 0.6 is 15.9 Å². The first-order valence-corrected chi connectivity index (χ1v) is 6.92. The molecule has 3 N–H and O–H groups in total. The lowest BCUT2D eigenvalue weighted by molar-refractivity contribution is 0.547. The van der Waals surface area contributed by atoms with Gasteiger partial charge in [-0.1, -0.05) is 36.7 Å². The van der Waals surface area contributed by atoms with E-state index >= 15 is 0 Å². The minimum absolute atomic E-state index is 0.232. The molecule has 0 bridgehead atoms. The third kappa shape index (κ3) is 3.45. The van der Waals surface area contributed by atoms with Crippen molar-refractivity contribution in [3.05, 3.63) is 40.4 Å². The van der Waals surface area contributed by atoms with Crippen LogP contribution < -0.4 is 11.1 Å². The van der Waals surface area contributed by atoms with Crippen LogP contribution in [0.1, 0.15) is 26.6 Å². The Balaban J connectivity index is 2.36. The summed E-state index contributed by atoms with van der Waals surface area (Å²) in [6, 6.07) is 6.35. The van der Waals surface area contributed by atoms with Crippen LogP contribution in [0, 0.1) is 5.82 Å². The highest BCUT2D eigenvalue weighted by molar-refractivity contribution is 9.10. The summed E-state index contributed by atoms with van der Waals surface area (Å²) in [5.74, 6) is 1.07. The second-order valence-electron chi connectivity index (χ2n) is 5.50. The Kier molecular flexibility index (Phi) is 3.94. The Morgan fingerprint density at radius 2 is 1.90 bits per heavy atom. The molecule has 0 unspecified atom stereocenters. The van der Waals surface area contributed by atoms with Crippen LogP contribution in [0.2, 0.25) is 0 Å². The predicted molar refractivity (Wildman–Crippen MR) is 82.5 cm³/mol. The van der Waals surface area contributed by atoms with Crippen LogP contribution in [0.15, 0.2) is 28.7 Å². The van der Waals surface area contributed by atoms with Crippen LogP contribution in [-0.2, 0) is 5.41 Å². The van der Waals surface area contributed by atoms with Gasteiger partial charge in [0.25, 0.3) is 0 Å². The molecule has 0 aliphatic rings. The quantitative estimate of drug-likeness (QED) is 0.868. The highest BCUT2D eigenvalue weighted by Gasteiger charge is 2.19. The minimum Gasteiger partial charge on any atom is -0.384 e. The SMILES string of the molecule is CC(C)(C)c1nc(N)cc(Nc2ccc(Br)cc2F)n1. The van der Waals surface area contributed by atoms with E-state index in [9.17, 15) is 4.39 Å². The average Bonchev–Trinajstić information content (AvgIpc) is 2.31. The van der Waals surface area contributed by atoms with Gasteiger partial charge in [0.05, 0.1) is 5.69 Å². The first-order valence-electron chi connectivity index (χ1n) is 6.13. The zero-order valence-corrected chi connectivity index (χ0v) is 13.1. The molecule has 0 fully saturated rings. The molecule has 0 radical (unpaired) electrons. The Bertz CT molecular complexity index is 638. The number of anilines is 3. The molecule has 0 aliphatic carbocycles. The molecule has 2 aromatic rings. The van der Waals surface area contributed by atoms with Crippen LogP contribution in [0.3, 0.4) is 0 Å². The summed E-state index contributed by atoms with van der Waals surface area (Å²) in [4.78, 5) is 8.59. The van der Waals surface area contributed by atoms with Gasteiger partial charge in [-0.3, -0.25) is 0 Å². The maximum absolute atomic E-state index is 13.8. The number of aromatic nitrogens is 2. The average molecular weight is 339 g/mol. The van der Waals surface area contributed by atoms with E-state index in [0.717, 1.165) is 0 Å². The van der Waals surface area contributed by atoms with Crippen molar-refractivity contribution in [2.45, 2.75) is 26.2 Å². The van der Waals surface area contributed by atoms with E-state index < -0.39 is 0 Å². The fourth-order valence-electron chi connectivity index (χ4n) is 1.59. The lowest BCUT2D eigenvalue weighted by atomic mass is 9.96. The third-order valence-electron chi connectivity index (χ3n) is 2.61. The molecule has 0 atom stereocenters. The lowest BCUT2D eigenvalue weighted by Gasteiger charge is -2.18. The number of nitrogen functional groups attached to an aromatic ring is 1. The molecule has 1 aromatic heterocycles. The molecule has 20 heavy (non-hydrogen) atoms. The third-order valence-corrected chi connectivity index (χ3v) is 3.10. The van der Waals surface area contributed by atoms with E-state index in [2.05, 4.69) is 31.2 Å². The molecule has 4 nitrogen and oxygen atoms in total. The van der Waals surface area contributed by atoms with Gasteiger partial charge in [0.1, 0.15) is 23.3 Å². The highest BCUT2D eigenvalue weighted by Crippen LogP contribution is 2.25. The van der Waals surface area contributed by atoms with Crippen LogP contribution in [0.5, 0.6) is 0 Å². The Morgan fingerprint density at radius 3 is 2.50 bits per heavy atom. The van der Waals surface area contributed by atoms with Crippen LogP contribution in [0.25, 0.3) is 0 Å². The number of hydrogen-bond donors (Lipinski definition) is 2. The summed E-state index contributed by atoms with van der Waals surface area (Å²) in [5.41, 5.74) is 5.89. The molecule has 6 heteroatoms. The number of benzene rings is 1. The Hall–Kier alpha value is -1.69. The van der Waals surface area contributed by atoms with Crippen molar-refractivity contribution in [3.8, 4) is 0 Å². The number of nitrogens with zero attached hydrogens (tertiary/aromatic N) is 2. The van der Waals surface area contributed by atoms with Gasteiger partial charge < -0.3 is 11.1 Å². The molecule has 0 saturated heterocycles. The van der Waals surface area contributed by atoms with Gasteiger partial charge in [-0.05, 0) is 18.2 Å². The lowest BCUT2D eigenvalue weighted by Crippen LogP contribution is -2.17. The molecule has 106 valence electrons.